The summed E-state index contributed by atoms with van der Waals surface area (Å²) in [6.07, 6.45) is 0. The second-order valence-electron chi connectivity index (χ2n) is 5.91. The van der Waals surface area contributed by atoms with Gasteiger partial charge in [0.1, 0.15) is 5.75 Å². The molecule has 0 radical (unpaired) electrons. The van der Waals surface area contributed by atoms with Crippen LogP contribution in [0.4, 0.5) is 14.5 Å². The van der Waals surface area contributed by atoms with Crippen LogP contribution in [0.5, 0.6) is 5.75 Å². The average molecular weight is 372 g/mol. The van der Waals surface area contributed by atoms with Crippen molar-refractivity contribution in [3.63, 3.8) is 0 Å². The molecular weight excluding hydrogens is 352 g/mol. The third-order valence-corrected chi connectivity index (χ3v) is 4.42. The van der Waals surface area contributed by atoms with Crippen LogP contribution < -0.4 is 10.1 Å². The van der Waals surface area contributed by atoms with E-state index in [1.807, 2.05) is 13.8 Å². The number of halogens is 3. The van der Waals surface area contributed by atoms with E-state index in [0.29, 0.717) is 22.8 Å². The van der Waals surface area contributed by atoms with E-state index in [2.05, 4.69) is 15.2 Å². The number of aromatic nitrogens is 2. The fourth-order valence-corrected chi connectivity index (χ4v) is 2.54. The van der Waals surface area contributed by atoms with Gasteiger partial charge in [-0.25, -0.2) is 0 Å². The van der Waals surface area contributed by atoms with Crippen LogP contribution in [-0.4, -0.2) is 22.3 Å². The molecule has 1 heterocycles. The predicted molar refractivity (Wildman–Crippen MR) is 92.3 cm³/mol. The number of ether oxygens (including phenoxy) is 1. The first-order chi connectivity index (χ1) is 11.7. The van der Waals surface area contributed by atoms with Crippen LogP contribution in [0, 0.1) is 26.7 Å². The summed E-state index contributed by atoms with van der Waals surface area (Å²) in [5, 5.41) is 7.70. The maximum Gasteiger partial charge on any atom is 0.387 e. The summed E-state index contributed by atoms with van der Waals surface area (Å²) in [7, 11) is 0. The van der Waals surface area contributed by atoms with Crippen molar-refractivity contribution in [1.82, 2.24) is 9.78 Å². The van der Waals surface area contributed by atoms with Crippen molar-refractivity contribution in [2.24, 2.45) is 5.92 Å². The highest BCUT2D eigenvalue weighted by Crippen LogP contribution is 2.24. The molecule has 1 aromatic carbocycles. The molecule has 0 bridgehead atoms. The van der Waals surface area contributed by atoms with Gasteiger partial charge < -0.3 is 10.1 Å². The summed E-state index contributed by atoms with van der Waals surface area (Å²) in [5.74, 6) is -0.504. The van der Waals surface area contributed by atoms with Gasteiger partial charge in [0, 0.05) is 5.69 Å². The molecule has 0 aliphatic heterocycles. The molecule has 0 saturated heterocycles. The van der Waals surface area contributed by atoms with Crippen LogP contribution >= 0.6 is 11.6 Å². The van der Waals surface area contributed by atoms with Gasteiger partial charge in [0.25, 0.3) is 0 Å². The minimum atomic E-state index is -2.88. The number of benzene rings is 1. The van der Waals surface area contributed by atoms with Crippen molar-refractivity contribution in [2.75, 3.05) is 5.32 Å². The number of anilines is 1. The highest BCUT2D eigenvalue weighted by molar-refractivity contribution is 6.31. The van der Waals surface area contributed by atoms with E-state index in [4.69, 9.17) is 11.6 Å². The molecule has 2 aromatic rings. The number of hydrogen-bond donors (Lipinski definition) is 1. The van der Waals surface area contributed by atoms with Crippen molar-refractivity contribution in [3.05, 3.63) is 40.2 Å². The number of alkyl halides is 2. The van der Waals surface area contributed by atoms with Gasteiger partial charge in [-0.05, 0) is 44.5 Å². The normalized spacial score (nSPS) is 12.3. The van der Waals surface area contributed by atoms with E-state index in [-0.39, 0.29) is 17.6 Å². The monoisotopic (exact) mass is 371 g/mol. The van der Waals surface area contributed by atoms with Gasteiger partial charge in [0.15, 0.2) is 0 Å². The van der Waals surface area contributed by atoms with Crippen LogP contribution in [0.3, 0.4) is 0 Å². The van der Waals surface area contributed by atoms with Crippen LogP contribution in [0.2, 0.25) is 5.02 Å². The third kappa shape index (κ3) is 4.69. The maximum absolute atomic E-state index is 12.4. The molecule has 5 nitrogen and oxygen atoms in total. The van der Waals surface area contributed by atoms with Gasteiger partial charge >= 0.3 is 6.61 Å². The molecule has 1 amide bonds. The summed E-state index contributed by atoms with van der Waals surface area (Å²) < 4.78 is 30.5. The minimum absolute atomic E-state index is 0.0517. The molecule has 1 atom stereocenters. The number of carbonyl (C=O) groups excluding carboxylic acids is 1. The predicted octanol–water partition coefficient (Wildman–Crippen LogP) is 4.34. The Kier molecular flexibility index (Phi) is 6.00. The fraction of sp³-hybridized carbons (Fsp3) is 0.412. The van der Waals surface area contributed by atoms with Crippen LogP contribution in [0.1, 0.15) is 23.9 Å². The third-order valence-electron chi connectivity index (χ3n) is 3.87. The summed E-state index contributed by atoms with van der Waals surface area (Å²) in [6, 6.07) is 4.38. The second-order valence-corrected chi connectivity index (χ2v) is 6.29. The van der Waals surface area contributed by atoms with E-state index in [0.717, 1.165) is 11.4 Å². The Balaban J connectivity index is 2.04. The highest BCUT2D eigenvalue weighted by atomic mass is 35.5. The standard InChI is InChI=1S/C17H20ClF2N3O2/c1-9-7-13(25-17(19)20)5-6-14(9)21-16(24)10(2)8-23-12(4)15(18)11(3)22-23/h5-7,10,17H,8H2,1-4H3,(H,21,24)/t10-/m0/s1. The number of carbonyl (C=O) groups is 1. The molecular formula is C17H20ClF2N3O2. The number of amides is 1. The summed E-state index contributed by atoms with van der Waals surface area (Å²) in [4.78, 5) is 12.4. The Labute approximate surface area is 149 Å². The molecule has 0 aliphatic rings. The van der Waals surface area contributed by atoms with E-state index in [9.17, 15) is 13.6 Å². The summed E-state index contributed by atoms with van der Waals surface area (Å²) in [6.45, 7) is 4.65. The fourth-order valence-electron chi connectivity index (χ4n) is 2.40. The Morgan fingerprint density at radius 3 is 2.56 bits per heavy atom. The van der Waals surface area contributed by atoms with Gasteiger partial charge in [0.05, 0.1) is 28.9 Å². The smallest absolute Gasteiger partial charge is 0.387 e. The van der Waals surface area contributed by atoms with Crippen LogP contribution in [0.15, 0.2) is 18.2 Å². The van der Waals surface area contributed by atoms with Gasteiger partial charge in [0.2, 0.25) is 5.91 Å². The van der Waals surface area contributed by atoms with Gasteiger partial charge in [-0.3, -0.25) is 9.48 Å². The Morgan fingerprint density at radius 2 is 2.04 bits per heavy atom. The lowest BCUT2D eigenvalue weighted by Crippen LogP contribution is -2.25. The van der Waals surface area contributed by atoms with E-state index < -0.39 is 6.61 Å². The molecule has 0 unspecified atom stereocenters. The second kappa shape index (κ2) is 7.82. The Hall–Kier alpha value is -2.15. The van der Waals surface area contributed by atoms with Gasteiger partial charge in [-0.1, -0.05) is 18.5 Å². The lowest BCUT2D eigenvalue weighted by Gasteiger charge is -2.15. The van der Waals surface area contributed by atoms with E-state index in [1.165, 1.54) is 18.2 Å². The van der Waals surface area contributed by atoms with E-state index in [1.54, 1.807) is 18.5 Å². The Bertz CT molecular complexity index is 777. The zero-order valence-electron chi connectivity index (χ0n) is 14.4. The molecule has 25 heavy (non-hydrogen) atoms. The first-order valence-electron chi connectivity index (χ1n) is 7.75. The molecule has 1 aromatic heterocycles. The number of nitrogens with one attached hydrogen (secondary N) is 1. The Morgan fingerprint density at radius 1 is 1.36 bits per heavy atom. The molecule has 0 spiro atoms. The maximum atomic E-state index is 12.4. The quantitative estimate of drug-likeness (QED) is 0.821. The number of nitrogens with zero attached hydrogens (tertiary/aromatic N) is 2. The molecule has 0 aliphatic carbocycles. The highest BCUT2D eigenvalue weighted by Gasteiger charge is 2.18. The molecule has 2 rings (SSSR count). The SMILES string of the molecule is Cc1cc(OC(F)F)ccc1NC(=O)[C@@H](C)Cn1nc(C)c(Cl)c1C. The number of hydrogen-bond acceptors (Lipinski definition) is 3. The van der Waals surface area contributed by atoms with Crippen LogP contribution in [-0.2, 0) is 11.3 Å². The summed E-state index contributed by atoms with van der Waals surface area (Å²) in [5.41, 5.74) is 2.71. The van der Waals surface area contributed by atoms with E-state index >= 15 is 0 Å². The number of aryl methyl sites for hydroxylation is 2. The van der Waals surface area contributed by atoms with Crippen molar-refractivity contribution in [3.8, 4) is 5.75 Å². The van der Waals surface area contributed by atoms with Crippen molar-refractivity contribution in [1.29, 1.82) is 0 Å². The topological polar surface area (TPSA) is 56.1 Å². The van der Waals surface area contributed by atoms with Crippen molar-refractivity contribution < 1.29 is 18.3 Å². The molecule has 8 heteroatoms. The van der Waals surface area contributed by atoms with Crippen LogP contribution in [0.25, 0.3) is 0 Å². The molecule has 1 N–H and O–H groups in total. The van der Waals surface area contributed by atoms with Gasteiger partial charge in [-0.15, -0.1) is 0 Å². The zero-order valence-corrected chi connectivity index (χ0v) is 15.2. The zero-order chi connectivity index (χ0) is 18.7. The lowest BCUT2D eigenvalue weighted by molar-refractivity contribution is -0.119. The number of rotatable bonds is 6. The first kappa shape index (κ1) is 19.2. The lowest BCUT2D eigenvalue weighted by atomic mass is 10.1. The largest absolute Gasteiger partial charge is 0.435 e. The average Bonchev–Trinajstić information content (AvgIpc) is 2.76. The van der Waals surface area contributed by atoms with Crippen molar-refractivity contribution in [2.45, 2.75) is 40.9 Å². The van der Waals surface area contributed by atoms with Gasteiger partial charge in [-0.2, -0.15) is 13.9 Å². The van der Waals surface area contributed by atoms with Crippen molar-refractivity contribution >= 4 is 23.2 Å². The molecule has 0 saturated carbocycles. The molecule has 0 fully saturated rings. The summed E-state index contributed by atoms with van der Waals surface area (Å²) >= 11 is 6.11. The first-order valence-corrected chi connectivity index (χ1v) is 8.12. The molecule has 136 valence electrons. The minimum Gasteiger partial charge on any atom is -0.435 e.